The van der Waals surface area contributed by atoms with Gasteiger partial charge in [-0.1, -0.05) is 23.7 Å². The first-order valence-electron chi connectivity index (χ1n) is 12.3. The van der Waals surface area contributed by atoms with Crippen LogP contribution in [0.1, 0.15) is 36.7 Å². The minimum atomic E-state index is -3.28. The molecule has 0 radical (unpaired) electrons. The first-order valence-corrected chi connectivity index (χ1v) is 12.6. The Hall–Kier alpha value is -4.78. The van der Waals surface area contributed by atoms with Gasteiger partial charge in [0.15, 0.2) is 5.69 Å². The number of pyridine rings is 1. The number of anilines is 2. The van der Waals surface area contributed by atoms with Crippen LogP contribution in [0.2, 0.25) is 5.02 Å². The number of hydrogen-bond donors (Lipinski definition) is 2. The number of aromatic nitrogens is 6. The van der Waals surface area contributed by atoms with Crippen molar-refractivity contribution in [3.05, 3.63) is 82.3 Å². The van der Waals surface area contributed by atoms with Crippen LogP contribution < -0.4 is 16.5 Å². The molecule has 0 aliphatic heterocycles. The van der Waals surface area contributed by atoms with Crippen molar-refractivity contribution in [2.75, 3.05) is 11.1 Å². The molecule has 0 spiro atoms. The Balaban J connectivity index is 1.48. The van der Waals surface area contributed by atoms with Crippen molar-refractivity contribution in [2.24, 2.45) is 0 Å². The minimum Gasteiger partial charge on any atom is -0.383 e. The fraction of sp³-hybridized carbons (Fsp3) is 0.185. The highest BCUT2D eigenvalue weighted by Gasteiger charge is 2.26. The number of alkyl halides is 3. The standard InChI is InChI=1S/C27H22ClF3N8O2/c1-13(2)39-11-18(19-8-5-15(28)9-33-19)22(40)21(37-39)27(41)36-16-6-3-14(4-7-16)17-10-38(24(31)23(29)30)26-20(17)25(32)34-12-35-26/h3-13,23-24H,1-2H3,(H,36,41)(H2,32,34,35). The lowest BCUT2D eigenvalue weighted by Gasteiger charge is -2.14. The van der Waals surface area contributed by atoms with Crippen LogP contribution in [-0.2, 0) is 0 Å². The Morgan fingerprint density at radius 3 is 2.37 bits per heavy atom. The molecule has 1 aromatic carbocycles. The predicted molar refractivity (Wildman–Crippen MR) is 149 cm³/mol. The number of halogens is 4. The van der Waals surface area contributed by atoms with E-state index in [1.807, 2.05) is 13.8 Å². The van der Waals surface area contributed by atoms with Crippen molar-refractivity contribution in [1.82, 2.24) is 29.3 Å². The van der Waals surface area contributed by atoms with Crippen LogP contribution in [0, 0.1) is 0 Å². The van der Waals surface area contributed by atoms with Gasteiger partial charge < -0.3 is 11.1 Å². The monoisotopic (exact) mass is 582 g/mol. The molecule has 1 unspecified atom stereocenters. The minimum absolute atomic E-state index is 0.00911. The molecule has 10 nitrogen and oxygen atoms in total. The van der Waals surface area contributed by atoms with E-state index in [1.54, 1.807) is 24.3 Å². The van der Waals surface area contributed by atoms with Gasteiger partial charge in [0.25, 0.3) is 12.3 Å². The summed E-state index contributed by atoms with van der Waals surface area (Å²) in [7, 11) is 0. The summed E-state index contributed by atoms with van der Waals surface area (Å²) < 4.78 is 42.8. The Kier molecular flexibility index (Phi) is 7.45. The Labute approximate surface area is 235 Å². The highest BCUT2D eigenvalue weighted by atomic mass is 35.5. The Bertz CT molecular complexity index is 1810. The average molecular weight is 583 g/mol. The molecule has 3 N–H and O–H groups in total. The van der Waals surface area contributed by atoms with Gasteiger partial charge in [0.1, 0.15) is 17.8 Å². The van der Waals surface area contributed by atoms with E-state index in [4.69, 9.17) is 17.3 Å². The summed E-state index contributed by atoms with van der Waals surface area (Å²) in [6.45, 7) is 3.69. The highest BCUT2D eigenvalue weighted by molar-refractivity contribution is 6.30. The van der Waals surface area contributed by atoms with Crippen LogP contribution in [0.4, 0.5) is 24.7 Å². The molecular formula is C27H22ClF3N8O2. The van der Waals surface area contributed by atoms with Crippen LogP contribution in [0.15, 0.2) is 66.1 Å². The first kappa shape index (κ1) is 27.8. The zero-order valence-corrected chi connectivity index (χ0v) is 22.4. The maximum absolute atomic E-state index is 14.3. The molecule has 0 bridgehead atoms. The Morgan fingerprint density at radius 1 is 1.00 bits per heavy atom. The van der Waals surface area contributed by atoms with E-state index >= 15 is 0 Å². The van der Waals surface area contributed by atoms with Crippen molar-refractivity contribution in [2.45, 2.75) is 32.6 Å². The normalized spacial score (nSPS) is 12.3. The summed E-state index contributed by atoms with van der Waals surface area (Å²) >= 11 is 5.92. The second kappa shape index (κ2) is 11.0. The molecule has 5 aromatic rings. The third-order valence-corrected chi connectivity index (χ3v) is 6.47. The van der Waals surface area contributed by atoms with Gasteiger partial charge >= 0.3 is 0 Å². The first-order chi connectivity index (χ1) is 19.5. The van der Waals surface area contributed by atoms with Gasteiger partial charge in [0, 0.05) is 35.9 Å². The lowest BCUT2D eigenvalue weighted by Crippen LogP contribution is -2.28. The molecule has 0 aliphatic rings. The van der Waals surface area contributed by atoms with Gasteiger partial charge in [-0.25, -0.2) is 23.1 Å². The van der Waals surface area contributed by atoms with E-state index in [-0.39, 0.29) is 34.2 Å². The number of nitrogens with two attached hydrogens (primary N) is 1. The van der Waals surface area contributed by atoms with Crippen LogP contribution in [0.5, 0.6) is 0 Å². The summed E-state index contributed by atoms with van der Waals surface area (Å²) in [5.74, 6) is -0.760. The molecular weight excluding hydrogens is 561 g/mol. The van der Waals surface area contributed by atoms with Crippen molar-refractivity contribution in [1.29, 1.82) is 0 Å². The second-order valence-corrected chi connectivity index (χ2v) is 9.74. The number of fused-ring (bicyclic) bond motifs is 1. The van der Waals surface area contributed by atoms with Gasteiger partial charge in [0.2, 0.25) is 11.7 Å². The SMILES string of the molecule is CC(C)n1cc(-c2ccc(Cl)cn2)c(=O)c(C(=O)Nc2ccc(-c3cn(C(F)C(F)F)c4ncnc(N)c34)cc2)n1. The smallest absolute Gasteiger partial charge is 0.288 e. The Morgan fingerprint density at radius 2 is 1.73 bits per heavy atom. The topological polar surface area (TPSA) is 134 Å². The molecule has 0 saturated carbocycles. The zero-order valence-electron chi connectivity index (χ0n) is 21.6. The fourth-order valence-electron chi connectivity index (χ4n) is 4.20. The summed E-state index contributed by atoms with van der Waals surface area (Å²) in [5, 5.41) is 7.48. The van der Waals surface area contributed by atoms with E-state index in [9.17, 15) is 22.8 Å². The molecule has 4 heterocycles. The van der Waals surface area contributed by atoms with Gasteiger partial charge in [-0.15, -0.1) is 0 Å². The molecule has 1 amide bonds. The van der Waals surface area contributed by atoms with Crippen molar-refractivity contribution >= 4 is 40.0 Å². The third-order valence-electron chi connectivity index (χ3n) is 6.25. The number of amides is 1. The summed E-state index contributed by atoms with van der Waals surface area (Å²) in [5.41, 5.74) is 6.56. The van der Waals surface area contributed by atoms with Gasteiger partial charge in [-0.3, -0.25) is 23.8 Å². The van der Waals surface area contributed by atoms with Crippen LogP contribution in [0.3, 0.4) is 0 Å². The quantitative estimate of drug-likeness (QED) is 0.258. The lowest BCUT2D eigenvalue weighted by atomic mass is 10.1. The van der Waals surface area contributed by atoms with Crippen molar-refractivity contribution in [3.63, 3.8) is 0 Å². The van der Waals surface area contributed by atoms with E-state index in [0.717, 1.165) is 6.33 Å². The number of benzene rings is 1. The molecule has 210 valence electrons. The van der Waals surface area contributed by atoms with E-state index in [1.165, 1.54) is 35.4 Å². The molecule has 0 fully saturated rings. The maximum Gasteiger partial charge on any atom is 0.288 e. The molecule has 5 rings (SSSR count). The van der Waals surface area contributed by atoms with Crippen molar-refractivity contribution in [3.8, 4) is 22.4 Å². The molecule has 14 heteroatoms. The number of rotatable bonds is 7. The maximum atomic E-state index is 14.3. The van der Waals surface area contributed by atoms with Crippen molar-refractivity contribution < 1.29 is 18.0 Å². The van der Waals surface area contributed by atoms with Gasteiger partial charge in [0.05, 0.1) is 21.7 Å². The van der Waals surface area contributed by atoms with E-state index in [0.29, 0.717) is 32.1 Å². The summed E-state index contributed by atoms with van der Waals surface area (Å²) in [6.07, 6.45) is -0.745. The van der Waals surface area contributed by atoms with E-state index < -0.39 is 24.1 Å². The van der Waals surface area contributed by atoms with Gasteiger partial charge in [-0.05, 0) is 43.7 Å². The third kappa shape index (κ3) is 5.35. The molecule has 0 aliphatic carbocycles. The number of carbonyl (C=O) groups excluding carboxylic acids is 1. The molecule has 4 aromatic heterocycles. The van der Waals surface area contributed by atoms with Crippen LogP contribution >= 0.6 is 11.6 Å². The summed E-state index contributed by atoms with van der Waals surface area (Å²) in [4.78, 5) is 38.5. The highest BCUT2D eigenvalue weighted by Crippen LogP contribution is 2.36. The number of carbonyl (C=O) groups is 1. The van der Waals surface area contributed by atoms with E-state index in [2.05, 4.69) is 25.4 Å². The second-order valence-electron chi connectivity index (χ2n) is 9.30. The zero-order chi connectivity index (χ0) is 29.4. The number of hydrogen-bond acceptors (Lipinski definition) is 7. The number of nitrogens with one attached hydrogen (secondary N) is 1. The summed E-state index contributed by atoms with van der Waals surface area (Å²) in [6, 6.07) is 9.20. The van der Waals surface area contributed by atoms with Crippen LogP contribution in [-0.4, -0.2) is 41.6 Å². The fourth-order valence-corrected chi connectivity index (χ4v) is 4.31. The molecule has 0 saturated heterocycles. The molecule has 1 atom stereocenters. The predicted octanol–water partition coefficient (Wildman–Crippen LogP) is 5.52. The average Bonchev–Trinajstić information content (AvgIpc) is 3.34. The lowest BCUT2D eigenvalue weighted by molar-refractivity contribution is 0.0104. The molecule has 41 heavy (non-hydrogen) atoms. The number of nitrogens with zero attached hydrogens (tertiary/aromatic N) is 6. The van der Waals surface area contributed by atoms with Gasteiger partial charge in [-0.2, -0.15) is 5.10 Å². The largest absolute Gasteiger partial charge is 0.383 e. The number of nitrogen functional groups attached to an aromatic ring is 1. The van der Waals surface area contributed by atoms with Crippen LogP contribution in [0.25, 0.3) is 33.4 Å².